The van der Waals surface area contributed by atoms with Crippen molar-refractivity contribution in [3.63, 3.8) is 0 Å². The number of nitrogen functional groups attached to an aromatic ring is 1. The predicted molar refractivity (Wildman–Crippen MR) is 139 cm³/mol. The minimum Gasteiger partial charge on any atom is -0.397 e. The summed E-state index contributed by atoms with van der Waals surface area (Å²) in [6.07, 6.45) is 3.41. The zero-order valence-corrected chi connectivity index (χ0v) is 19.0. The molecule has 2 heteroatoms. The second kappa shape index (κ2) is 10.2. The molecule has 32 heavy (non-hydrogen) atoms. The molecule has 4 aromatic carbocycles. The van der Waals surface area contributed by atoms with Crippen LogP contribution in [0.2, 0.25) is 0 Å². The maximum Gasteiger partial charge on any atom is 0.0618 e. The number of hydrogen-bond donors (Lipinski definition) is 2. The summed E-state index contributed by atoms with van der Waals surface area (Å²) in [4.78, 5) is 0. The summed E-state index contributed by atoms with van der Waals surface area (Å²) in [6, 6.07) is 34.0. The van der Waals surface area contributed by atoms with Crippen LogP contribution in [0.3, 0.4) is 0 Å². The quantitative estimate of drug-likeness (QED) is 0.280. The fourth-order valence-corrected chi connectivity index (χ4v) is 4.44. The van der Waals surface area contributed by atoms with Crippen LogP contribution >= 0.6 is 0 Å². The highest BCUT2D eigenvalue weighted by Crippen LogP contribution is 2.43. The van der Waals surface area contributed by atoms with Gasteiger partial charge in [0.1, 0.15) is 0 Å². The highest BCUT2D eigenvalue weighted by Gasteiger charge is 2.20. The van der Waals surface area contributed by atoms with E-state index in [9.17, 15) is 0 Å². The van der Waals surface area contributed by atoms with Crippen LogP contribution in [0.1, 0.15) is 44.6 Å². The Balaban J connectivity index is 1.98. The Morgan fingerprint density at radius 3 is 1.97 bits per heavy atom. The van der Waals surface area contributed by atoms with E-state index in [1.54, 1.807) is 0 Å². The molecule has 0 aliphatic carbocycles. The molecule has 4 rings (SSSR count). The molecule has 162 valence electrons. The van der Waals surface area contributed by atoms with Gasteiger partial charge < -0.3 is 11.1 Å². The first-order valence-electron chi connectivity index (χ1n) is 11.6. The first-order chi connectivity index (χ1) is 15.7. The summed E-state index contributed by atoms with van der Waals surface area (Å²) in [5, 5.41) is 3.73. The molecule has 0 aliphatic rings. The third-order valence-electron chi connectivity index (χ3n) is 6.15. The topological polar surface area (TPSA) is 38.0 Å². The van der Waals surface area contributed by atoms with Gasteiger partial charge in [0.05, 0.1) is 11.4 Å². The van der Waals surface area contributed by atoms with Crippen molar-refractivity contribution < 1.29 is 0 Å². The molecule has 0 fully saturated rings. The molecule has 0 bridgehead atoms. The van der Waals surface area contributed by atoms with Crippen molar-refractivity contribution in [2.75, 3.05) is 11.1 Å². The lowest BCUT2D eigenvalue weighted by Crippen LogP contribution is -2.06. The molecule has 4 aromatic rings. The van der Waals surface area contributed by atoms with Crippen LogP contribution < -0.4 is 11.1 Å². The van der Waals surface area contributed by atoms with Crippen molar-refractivity contribution in [2.24, 2.45) is 0 Å². The summed E-state index contributed by atoms with van der Waals surface area (Å²) in [7, 11) is 0. The van der Waals surface area contributed by atoms with Crippen LogP contribution in [-0.4, -0.2) is 0 Å². The van der Waals surface area contributed by atoms with Crippen LogP contribution in [0.4, 0.5) is 17.1 Å². The lowest BCUT2D eigenvalue weighted by atomic mass is 9.85. The van der Waals surface area contributed by atoms with Crippen molar-refractivity contribution in [3.8, 4) is 22.3 Å². The van der Waals surface area contributed by atoms with Gasteiger partial charge in [-0.1, -0.05) is 93.1 Å². The van der Waals surface area contributed by atoms with Crippen molar-refractivity contribution in [1.82, 2.24) is 0 Å². The van der Waals surface area contributed by atoms with Crippen molar-refractivity contribution in [3.05, 3.63) is 103 Å². The van der Waals surface area contributed by atoms with E-state index in [-0.39, 0.29) is 0 Å². The number of nitrogens with two attached hydrogens (primary N) is 1. The van der Waals surface area contributed by atoms with Gasteiger partial charge in [-0.25, -0.2) is 0 Å². The van der Waals surface area contributed by atoms with E-state index in [4.69, 9.17) is 5.73 Å². The normalized spacial score (nSPS) is 11.8. The van der Waals surface area contributed by atoms with Gasteiger partial charge in [0.2, 0.25) is 0 Å². The van der Waals surface area contributed by atoms with Crippen LogP contribution in [-0.2, 0) is 0 Å². The minimum absolute atomic E-state index is 0.471. The van der Waals surface area contributed by atoms with E-state index in [0.29, 0.717) is 5.92 Å². The molecular weight excluding hydrogens is 388 g/mol. The number of benzene rings is 4. The SMILES string of the molecule is CCCC(CC)c1cc(-c2ccccc2)cc(-c2ccccc2)c1Nc1ccccc1N. The maximum absolute atomic E-state index is 6.33. The van der Waals surface area contributed by atoms with Gasteiger partial charge in [0.15, 0.2) is 0 Å². The Kier molecular flexibility index (Phi) is 6.91. The highest BCUT2D eigenvalue weighted by molar-refractivity contribution is 5.89. The Hall–Kier alpha value is -3.52. The molecule has 2 nitrogen and oxygen atoms in total. The molecule has 0 aromatic heterocycles. The van der Waals surface area contributed by atoms with Gasteiger partial charge in [-0.3, -0.25) is 0 Å². The Morgan fingerprint density at radius 1 is 0.719 bits per heavy atom. The number of para-hydroxylation sites is 2. The number of nitrogens with one attached hydrogen (secondary N) is 1. The third-order valence-corrected chi connectivity index (χ3v) is 6.15. The summed E-state index contributed by atoms with van der Waals surface area (Å²) < 4.78 is 0. The van der Waals surface area contributed by atoms with Crippen molar-refractivity contribution in [1.29, 1.82) is 0 Å². The van der Waals surface area contributed by atoms with E-state index in [1.165, 1.54) is 27.8 Å². The van der Waals surface area contributed by atoms with Gasteiger partial charge in [-0.2, -0.15) is 0 Å². The average molecular weight is 421 g/mol. The van der Waals surface area contributed by atoms with Crippen LogP contribution in [0, 0.1) is 0 Å². The van der Waals surface area contributed by atoms with Crippen LogP contribution in [0.25, 0.3) is 22.3 Å². The molecular formula is C30H32N2. The number of hydrogen-bond acceptors (Lipinski definition) is 2. The van der Waals surface area contributed by atoms with Gasteiger partial charge >= 0.3 is 0 Å². The van der Waals surface area contributed by atoms with E-state index in [1.807, 2.05) is 18.2 Å². The van der Waals surface area contributed by atoms with Crippen LogP contribution in [0.5, 0.6) is 0 Å². The summed E-state index contributed by atoms with van der Waals surface area (Å²) in [6.45, 7) is 4.56. The average Bonchev–Trinajstić information content (AvgIpc) is 2.85. The molecule has 0 saturated heterocycles. The van der Waals surface area contributed by atoms with Gasteiger partial charge in [-0.15, -0.1) is 0 Å². The third kappa shape index (κ3) is 4.70. The fourth-order valence-electron chi connectivity index (χ4n) is 4.44. The zero-order chi connectivity index (χ0) is 22.3. The van der Waals surface area contributed by atoms with Gasteiger partial charge in [-0.05, 0) is 65.3 Å². The van der Waals surface area contributed by atoms with Crippen molar-refractivity contribution in [2.45, 2.75) is 39.0 Å². The standard InChI is InChI=1S/C30H32N2/c1-3-13-22(4-2)26-20-25(23-14-7-5-8-15-23)21-27(24-16-9-6-10-17-24)30(26)32-29-19-12-11-18-28(29)31/h5-12,14-22,32H,3-4,13,31H2,1-2H3. The van der Waals surface area contributed by atoms with Crippen LogP contribution in [0.15, 0.2) is 97.1 Å². The fraction of sp³-hybridized carbons (Fsp3) is 0.200. The van der Waals surface area contributed by atoms with E-state index in [2.05, 4.69) is 98.0 Å². The lowest BCUT2D eigenvalue weighted by Gasteiger charge is -2.25. The van der Waals surface area contributed by atoms with Gasteiger partial charge in [0.25, 0.3) is 0 Å². The number of anilines is 3. The van der Waals surface area contributed by atoms with Gasteiger partial charge in [0, 0.05) is 11.3 Å². The molecule has 1 atom stereocenters. The molecule has 0 amide bonds. The maximum atomic E-state index is 6.33. The Morgan fingerprint density at radius 2 is 1.34 bits per heavy atom. The van der Waals surface area contributed by atoms with Crippen molar-refractivity contribution >= 4 is 17.1 Å². The largest absolute Gasteiger partial charge is 0.397 e. The Labute approximate surface area is 192 Å². The zero-order valence-electron chi connectivity index (χ0n) is 19.0. The summed E-state index contributed by atoms with van der Waals surface area (Å²) in [5.41, 5.74) is 15.5. The highest BCUT2D eigenvalue weighted by atomic mass is 14.9. The second-order valence-electron chi connectivity index (χ2n) is 8.33. The smallest absolute Gasteiger partial charge is 0.0618 e. The number of rotatable bonds is 8. The molecule has 0 saturated carbocycles. The first kappa shape index (κ1) is 21.7. The molecule has 0 aliphatic heterocycles. The molecule has 0 radical (unpaired) electrons. The van der Waals surface area contributed by atoms with E-state index >= 15 is 0 Å². The molecule has 0 spiro atoms. The molecule has 3 N–H and O–H groups in total. The van der Waals surface area contributed by atoms with E-state index < -0.39 is 0 Å². The first-order valence-corrected chi connectivity index (χ1v) is 11.6. The predicted octanol–water partition coefficient (Wildman–Crippen LogP) is 8.64. The monoisotopic (exact) mass is 420 g/mol. The molecule has 1 unspecified atom stereocenters. The van der Waals surface area contributed by atoms with E-state index in [0.717, 1.165) is 36.3 Å². The Bertz CT molecular complexity index is 1150. The molecule has 0 heterocycles. The summed E-state index contributed by atoms with van der Waals surface area (Å²) in [5.74, 6) is 0.471. The summed E-state index contributed by atoms with van der Waals surface area (Å²) >= 11 is 0. The lowest BCUT2D eigenvalue weighted by molar-refractivity contribution is 0.597. The second-order valence-corrected chi connectivity index (χ2v) is 8.33. The minimum atomic E-state index is 0.471.